The highest BCUT2D eigenvalue weighted by molar-refractivity contribution is 6.20. The summed E-state index contributed by atoms with van der Waals surface area (Å²) in [6.45, 7) is 0. The smallest absolute Gasteiger partial charge is 0.337 e. The SMILES string of the molecule is COc1cccc(/C(=C/N=C(c2ccccc2)c2ccccc2NC(=O)c2ccccn2)C(=O)O)c1. The van der Waals surface area contributed by atoms with Gasteiger partial charge in [-0.2, -0.15) is 0 Å². The van der Waals surface area contributed by atoms with Gasteiger partial charge in [-0.3, -0.25) is 14.8 Å². The highest BCUT2D eigenvalue weighted by atomic mass is 16.5. The quantitative estimate of drug-likeness (QED) is 0.265. The molecule has 0 unspecified atom stereocenters. The number of hydrogen-bond acceptors (Lipinski definition) is 5. The van der Waals surface area contributed by atoms with Crippen LogP contribution in [0.1, 0.15) is 27.2 Å². The van der Waals surface area contributed by atoms with E-state index in [0.29, 0.717) is 28.3 Å². The number of anilines is 1. The summed E-state index contributed by atoms with van der Waals surface area (Å²) >= 11 is 0. The molecule has 7 nitrogen and oxygen atoms in total. The van der Waals surface area contributed by atoms with E-state index in [4.69, 9.17) is 4.74 Å². The number of carbonyl (C=O) groups excluding carboxylic acids is 1. The lowest BCUT2D eigenvalue weighted by Crippen LogP contribution is -2.16. The number of ether oxygens (including phenoxy) is 1. The van der Waals surface area contributed by atoms with Crippen LogP contribution in [0, 0.1) is 0 Å². The van der Waals surface area contributed by atoms with Crippen LogP contribution >= 0.6 is 0 Å². The Bertz CT molecular complexity index is 1430. The third kappa shape index (κ3) is 5.71. The maximum Gasteiger partial charge on any atom is 0.337 e. The van der Waals surface area contributed by atoms with Crippen LogP contribution in [0.5, 0.6) is 5.75 Å². The van der Waals surface area contributed by atoms with Crippen molar-refractivity contribution in [3.63, 3.8) is 0 Å². The molecule has 0 atom stereocenters. The molecule has 0 aliphatic heterocycles. The number of nitrogens with one attached hydrogen (secondary N) is 1. The van der Waals surface area contributed by atoms with Crippen LogP contribution in [0.4, 0.5) is 5.69 Å². The maximum atomic E-state index is 12.8. The van der Waals surface area contributed by atoms with Crippen LogP contribution in [0.25, 0.3) is 5.57 Å². The van der Waals surface area contributed by atoms with E-state index >= 15 is 0 Å². The van der Waals surface area contributed by atoms with Crippen LogP contribution in [0.3, 0.4) is 0 Å². The van der Waals surface area contributed by atoms with Crippen molar-refractivity contribution in [3.05, 3.63) is 132 Å². The summed E-state index contributed by atoms with van der Waals surface area (Å²) in [4.78, 5) is 33.7. The molecule has 36 heavy (non-hydrogen) atoms. The first kappa shape index (κ1) is 24.1. The Morgan fingerprint density at radius 1 is 0.889 bits per heavy atom. The summed E-state index contributed by atoms with van der Waals surface area (Å²) in [7, 11) is 1.52. The second-order valence-corrected chi connectivity index (χ2v) is 7.64. The molecule has 1 heterocycles. The zero-order chi connectivity index (χ0) is 25.3. The molecular weight excluding hydrogens is 454 g/mol. The van der Waals surface area contributed by atoms with E-state index in [1.54, 1.807) is 60.8 Å². The van der Waals surface area contributed by atoms with Gasteiger partial charge in [0.25, 0.3) is 5.91 Å². The number of pyridine rings is 1. The van der Waals surface area contributed by atoms with Crippen LogP contribution in [0.15, 0.2) is 114 Å². The van der Waals surface area contributed by atoms with Gasteiger partial charge in [0.15, 0.2) is 0 Å². The number of hydrogen-bond donors (Lipinski definition) is 2. The predicted molar refractivity (Wildman–Crippen MR) is 139 cm³/mol. The number of nitrogens with zero attached hydrogens (tertiary/aromatic N) is 2. The minimum absolute atomic E-state index is 0.00247. The Kier molecular flexibility index (Phi) is 7.63. The van der Waals surface area contributed by atoms with Crippen molar-refractivity contribution in [1.29, 1.82) is 0 Å². The number of benzene rings is 3. The number of para-hydroxylation sites is 1. The number of aromatic nitrogens is 1. The van der Waals surface area contributed by atoms with Gasteiger partial charge in [-0.25, -0.2) is 4.79 Å². The van der Waals surface area contributed by atoms with Crippen LogP contribution in [-0.2, 0) is 4.79 Å². The summed E-state index contributed by atoms with van der Waals surface area (Å²) < 4.78 is 5.24. The molecule has 3 aromatic carbocycles. The Balaban J connectivity index is 1.81. The van der Waals surface area contributed by atoms with Crippen molar-refractivity contribution in [2.45, 2.75) is 0 Å². The number of carboxylic acid groups (broad SMARTS) is 1. The molecule has 178 valence electrons. The molecule has 0 saturated heterocycles. The lowest BCUT2D eigenvalue weighted by molar-refractivity contribution is -0.130. The average molecular weight is 478 g/mol. The molecule has 0 radical (unpaired) electrons. The molecule has 1 amide bonds. The van der Waals surface area contributed by atoms with Crippen molar-refractivity contribution in [3.8, 4) is 5.75 Å². The fraction of sp³-hybridized carbons (Fsp3) is 0.0345. The molecule has 0 bridgehead atoms. The van der Waals surface area contributed by atoms with Gasteiger partial charge in [-0.15, -0.1) is 0 Å². The van der Waals surface area contributed by atoms with E-state index in [2.05, 4.69) is 15.3 Å². The lowest BCUT2D eigenvalue weighted by Gasteiger charge is -2.13. The van der Waals surface area contributed by atoms with Crippen molar-refractivity contribution in [2.75, 3.05) is 12.4 Å². The van der Waals surface area contributed by atoms with Crippen molar-refractivity contribution in [2.24, 2.45) is 4.99 Å². The van der Waals surface area contributed by atoms with Crippen LogP contribution in [-0.4, -0.2) is 34.8 Å². The maximum absolute atomic E-state index is 12.8. The molecule has 2 N–H and O–H groups in total. The molecule has 0 spiro atoms. The minimum Gasteiger partial charge on any atom is -0.497 e. The number of methoxy groups -OCH3 is 1. The van der Waals surface area contributed by atoms with Gasteiger partial charge >= 0.3 is 5.97 Å². The molecule has 0 saturated carbocycles. The van der Waals surface area contributed by atoms with Gasteiger partial charge in [0.05, 0.1) is 24.1 Å². The molecule has 0 aliphatic carbocycles. The number of rotatable bonds is 8. The zero-order valence-electron chi connectivity index (χ0n) is 19.5. The number of aliphatic carboxylic acids is 1. The van der Waals surface area contributed by atoms with Crippen molar-refractivity contribution < 1.29 is 19.4 Å². The Morgan fingerprint density at radius 3 is 2.33 bits per heavy atom. The van der Waals surface area contributed by atoms with Crippen molar-refractivity contribution in [1.82, 2.24) is 4.98 Å². The van der Waals surface area contributed by atoms with E-state index < -0.39 is 5.97 Å². The van der Waals surface area contributed by atoms with Gasteiger partial charge in [-0.1, -0.05) is 66.7 Å². The van der Waals surface area contributed by atoms with Crippen LogP contribution < -0.4 is 10.1 Å². The molecule has 4 rings (SSSR count). The molecule has 0 aliphatic rings. The van der Waals surface area contributed by atoms with Gasteiger partial charge in [0.1, 0.15) is 11.4 Å². The van der Waals surface area contributed by atoms with Crippen molar-refractivity contribution >= 4 is 28.8 Å². The first-order valence-electron chi connectivity index (χ1n) is 11.1. The highest BCUT2D eigenvalue weighted by Crippen LogP contribution is 2.24. The number of carboxylic acids is 1. The second kappa shape index (κ2) is 11.4. The first-order valence-corrected chi connectivity index (χ1v) is 11.1. The predicted octanol–water partition coefficient (Wildman–Crippen LogP) is 5.31. The minimum atomic E-state index is -1.13. The van der Waals surface area contributed by atoms with E-state index in [0.717, 1.165) is 5.56 Å². The molecule has 1 aromatic heterocycles. The van der Waals surface area contributed by atoms with Gasteiger partial charge < -0.3 is 15.2 Å². The molecule has 0 fully saturated rings. The number of aliphatic imine (C=N–C) groups is 1. The highest BCUT2D eigenvalue weighted by Gasteiger charge is 2.16. The van der Waals surface area contributed by atoms with Gasteiger partial charge in [0, 0.05) is 23.5 Å². The zero-order valence-corrected chi connectivity index (χ0v) is 19.5. The molecular formula is C29H23N3O4. The molecule has 4 aromatic rings. The standard InChI is InChI=1S/C29H23N3O4/c1-36-22-13-9-12-21(18-22)24(29(34)35)19-31-27(20-10-3-2-4-11-20)23-14-5-6-15-25(23)32-28(33)26-16-7-8-17-30-26/h2-19H,1H3,(H,32,33)(H,34,35)/b24-19-,31-27?. The molecule has 7 heteroatoms. The third-order valence-electron chi connectivity index (χ3n) is 5.31. The topological polar surface area (TPSA) is 101 Å². The summed E-state index contributed by atoms with van der Waals surface area (Å²) in [5, 5.41) is 12.8. The Labute approximate surface area is 208 Å². The summed E-state index contributed by atoms with van der Waals surface area (Å²) in [6, 6.07) is 28.4. The first-order chi connectivity index (χ1) is 17.6. The van der Waals surface area contributed by atoms with E-state index in [-0.39, 0.29) is 17.2 Å². The van der Waals surface area contributed by atoms with Gasteiger partial charge in [0.2, 0.25) is 0 Å². The summed E-state index contributed by atoms with van der Waals surface area (Å²) in [6.07, 6.45) is 2.87. The van der Waals surface area contributed by atoms with Crippen LogP contribution in [0.2, 0.25) is 0 Å². The normalized spacial score (nSPS) is 11.6. The van der Waals surface area contributed by atoms with Gasteiger partial charge in [-0.05, 0) is 35.9 Å². The lowest BCUT2D eigenvalue weighted by atomic mass is 10.00. The average Bonchev–Trinajstić information content (AvgIpc) is 2.92. The number of amides is 1. The largest absolute Gasteiger partial charge is 0.497 e. The second-order valence-electron chi connectivity index (χ2n) is 7.64. The van der Waals surface area contributed by atoms with E-state index in [9.17, 15) is 14.7 Å². The Hall–Kier alpha value is -5.04. The summed E-state index contributed by atoms with van der Waals surface area (Å²) in [5.74, 6) is -0.959. The monoisotopic (exact) mass is 477 g/mol. The summed E-state index contributed by atoms with van der Waals surface area (Å²) in [5.41, 5.74) is 3.11. The fourth-order valence-corrected chi connectivity index (χ4v) is 3.55. The van der Waals surface area contributed by atoms with E-state index in [1.807, 2.05) is 42.5 Å². The Morgan fingerprint density at radius 2 is 1.61 bits per heavy atom. The van der Waals surface area contributed by atoms with E-state index in [1.165, 1.54) is 13.3 Å². The number of carbonyl (C=O) groups is 2. The third-order valence-corrected chi connectivity index (χ3v) is 5.31. The fourth-order valence-electron chi connectivity index (χ4n) is 3.55.